The van der Waals surface area contributed by atoms with E-state index in [1.807, 2.05) is 11.7 Å². The van der Waals surface area contributed by atoms with E-state index in [9.17, 15) is 0 Å². The fraction of sp³-hybridized carbons (Fsp3) is 0.786. The Morgan fingerprint density at radius 3 is 2.56 bits per heavy atom. The van der Waals surface area contributed by atoms with E-state index in [1.54, 1.807) is 0 Å². The lowest BCUT2D eigenvalue weighted by Crippen LogP contribution is -2.59. The number of anilines is 1. The molecule has 102 valence electrons. The van der Waals surface area contributed by atoms with Crippen LogP contribution >= 0.6 is 0 Å². The summed E-state index contributed by atoms with van der Waals surface area (Å²) in [6.45, 7) is 13.4. The predicted octanol–water partition coefficient (Wildman–Crippen LogP) is 1.94. The number of hydrogen-bond donors (Lipinski definition) is 1. The first-order valence-corrected chi connectivity index (χ1v) is 6.79. The van der Waals surface area contributed by atoms with E-state index in [1.165, 1.54) is 5.69 Å². The van der Waals surface area contributed by atoms with Crippen LogP contribution in [0.3, 0.4) is 0 Å². The molecular formula is C14H26N4. The minimum absolute atomic E-state index is 0.286. The molecule has 1 aromatic rings. The molecule has 1 N–H and O–H groups in total. The zero-order valence-electron chi connectivity index (χ0n) is 12.5. The molecule has 0 amide bonds. The number of aromatic nitrogens is 2. The third-order valence-corrected chi connectivity index (χ3v) is 3.91. The van der Waals surface area contributed by atoms with Crippen LogP contribution in [0.1, 0.15) is 33.4 Å². The van der Waals surface area contributed by atoms with Gasteiger partial charge in [0, 0.05) is 38.4 Å². The number of rotatable bonds is 1. The fourth-order valence-corrected chi connectivity index (χ4v) is 2.65. The van der Waals surface area contributed by atoms with Gasteiger partial charge in [-0.3, -0.25) is 4.68 Å². The minimum atomic E-state index is 0.286. The standard InChI is InChI=1S/C14H26N4/c1-10-7-15-13(14(3,4)5)9-18(10)12-8-17(6)16-11(12)2/h8,10,13,15H,7,9H2,1-6H3. The van der Waals surface area contributed by atoms with Gasteiger partial charge >= 0.3 is 0 Å². The monoisotopic (exact) mass is 250 g/mol. The first kappa shape index (κ1) is 13.4. The van der Waals surface area contributed by atoms with Crippen LogP contribution in [0.5, 0.6) is 0 Å². The van der Waals surface area contributed by atoms with Gasteiger partial charge in [0.05, 0.1) is 11.4 Å². The normalized spacial score (nSPS) is 25.6. The summed E-state index contributed by atoms with van der Waals surface area (Å²) < 4.78 is 1.91. The molecule has 2 heterocycles. The first-order chi connectivity index (χ1) is 8.29. The zero-order chi connectivity index (χ0) is 13.5. The minimum Gasteiger partial charge on any atom is -0.363 e. The van der Waals surface area contributed by atoms with Crippen LogP contribution in [-0.2, 0) is 7.05 Å². The Morgan fingerprint density at radius 2 is 2.06 bits per heavy atom. The second-order valence-electron chi connectivity index (χ2n) is 6.60. The third-order valence-electron chi connectivity index (χ3n) is 3.91. The predicted molar refractivity (Wildman–Crippen MR) is 76.0 cm³/mol. The van der Waals surface area contributed by atoms with E-state index < -0.39 is 0 Å². The topological polar surface area (TPSA) is 33.1 Å². The van der Waals surface area contributed by atoms with Crippen LogP contribution in [0.15, 0.2) is 6.20 Å². The first-order valence-electron chi connectivity index (χ1n) is 6.79. The molecule has 4 heteroatoms. The van der Waals surface area contributed by atoms with Crippen LogP contribution in [-0.4, -0.2) is 35.0 Å². The van der Waals surface area contributed by atoms with Crippen molar-refractivity contribution >= 4 is 5.69 Å². The van der Waals surface area contributed by atoms with Crippen molar-refractivity contribution in [2.45, 2.75) is 46.7 Å². The summed E-state index contributed by atoms with van der Waals surface area (Å²) in [7, 11) is 1.99. The molecular weight excluding hydrogens is 224 g/mol. The molecule has 1 aliphatic rings. The highest BCUT2D eigenvalue weighted by atomic mass is 15.3. The Labute approximate surface area is 110 Å². The summed E-state index contributed by atoms with van der Waals surface area (Å²) in [5.74, 6) is 0. The average molecular weight is 250 g/mol. The van der Waals surface area contributed by atoms with Gasteiger partial charge in [0.2, 0.25) is 0 Å². The molecule has 1 aromatic heterocycles. The van der Waals surface area contributed by atoms with Gasteiger partial charge in [0.15, 0.2) is 0 Å². The maximum atomic E-state index is 4.46. The number of aryl methyl sites for hydroxylation is 2. The lowest BCUT2D eigenvalue weighted by molar-refractivity contribution is 0.239. The van der Waals surface area contributed by atoms with Crippen molar-refractivity contribution in [1.29, 1.82) is 0 Å². The summed E-state index contributed by atoms with van der Waals surface area (Å²) in [6, 6.07) is 1.04. The Balaban J connectivity index is 2.23. The van der Waals surface area contributed by atoms with Crippen molar-refractivity contribution in [2.75, 3.05) is 18.0 Å². The molecule has 18 heavy (non-hydrogen) atoms. The lowest BCUT2D eigenvalue weighted by Gasteiger charge is -2.44. The van der Waals surface area contributed by atoms with E-state index >= 15 is 0 Å². The highest BCUT2D eigenvalue weighted by Crippen LogP contribution is 2.28. The van der Waals surface area contributed by atoms with Crippen LogP contribution in [0.2, 0.25) is 0 Å². The molecule has 2 unspecified atom stereocenters. The second-order valence-corrected chi connectivity index (χ2v) is 6.60. The molecule has 4 nitrogen and oxygen atoms in total. The number of nitrogens with one attached hydrogen (secondary N) is 1. The van der Waals surface area contributed by atoms with Crippen molar-refractivity contribution < 1.29 is 0 Å². The van der Waals surface area contributed by atoms with Crippen molar-refractivity contribution in [2.24, 2.45) is 12.5 Å². The summed E-state index contributed by atoms with van der Waals surface area (Å²) >= 11 is 0. The molecule has 0 bridgehead atoms. The maximum absolute atomic E-state index is 4.46. The van der Waals surface area contributed by atoms with Gasteiger partial charge in [-0.15, -0.1) is 0 Å². The summed E-state index contributed by atoms with van der Waals surface area (Å²) in [4.78, 5) is 2.49. The Kier molecular flexibility index (Phi) is 3.41. The van der Waals surface area contributed by atoms with Gasteiger partial charge in [0.25, 0.3) is 0 Å². The maximum Gasteiger partial charge on any atom is 0.0827 e. The largest absolute Gasteiger partial charge is 0.363 e. The van der Waals surface area contributed by atoms with Gasteiger partial charge in [0.1, 0.15) is 0 Å². The lowest BCUT2D eigenvalue weighted by atomic mass is 9.84. The molecule has 2 atom stereocenters. The molecule has 1 saturated heterocycles. The van der Waals surface area contributed by atoms with Crippen molar-refractivity contribution in [3.05, 3.63) is 11.9 Å². The summed E-state index contributed by atoms with van der Waals surface area (Å²) in [6.07, 6.45) is 2.14. The number of hydrogen-bond acceptors (Lipinski definition) is 3. The van der Waals surface area contributed by atoms with Crippen LogP contribution in [0.4, 0.5) is 5.69 Å². The zero-order valence-corrected chi connectivity index (χ0v) is 12.5. The SMILES string of the molecule is Cc1nn(C)cc1N1CC(C(C)(C)C)NCC1C. The van der Waals surface area contributed by atoms with E-state index in [0.29, 0.717) is 12.1 Å². The Morgan fingerprint density at radius 1 is 1.39 bits per heavy atom. The molecule has 0 aromatic carbocycles. The van der Waals surface area contributed by atoms with Crippen LogP contribution in [0.25, 0.3) is 0 Å². The van der Waals surface area contributed by atoms with Gasteiger partial charge in [-0.2, -0.15) is 5.10 Å². The molecule has 1 aliphatic heterocycles. The molecule has 0 aliphatic carbocycles. The van der Waals surface area contributed by atoms with Crippen LogP contribution in [0, 0.1) is 12.3 Å². The van der Waals surface area contributed by atoms with E-state index in [0.717, 1.165) is 18.8 Å². The molecule has 0 spiro atoms. The molecule has 1 fully saturated rings. The van der Waals surface area contributed by atoms with E-state index in [2.05, 4.69) is 56.1 Å². The molecule has 2 rings (SSSR count). The second kappa shape index (κ2) is 4.57. The smallest absolute Gasteiger partial charge is 0.0827 e. The fourth-order valence-electron chi connectivity index (χ4n) is 2.65. The van der Waals surface area contributed by atoms with Crippen molar-refractivity contribution in [3.63, 3.8) is 0 Å². The van der Waals surface area contributed by atoms with E-state index in [-0.39, 0.29) is 5.41 Å². The van der Waals surface area contributed by atoms with Crippen LogP contribution < -0.4 is 10.2 Å². The van der Waals surface area contributed by atoms with Gasteiger partial charge in [-0.05, 0) is 19.3 Å². The van der Waals surface area contributed by atoms with Crippen molar-refractivity contribution in [1.82, 2.24) is 15.1 Å². The summed E-state index contributed by atoms with van der Waals surface area (Å²) in [5, 5.41) is 8.13. The Bertz CT molecular complexity index is 416. The highest BCUT2D eigenvalue weighted by molar-refractivity contribution is 5.50. The van der Waals surface area contributed by atoms with Gasteiger partial charge in [-0.25, -0.2) is 0 Å². The van der Waals surface area contributed by atoms with Crippen molar-refractivity contribution in [3.8, 4) is 0 Å². The average Bonchev–Trinajstić information content (AvgIpc) is 2.56. The van der Waals surface area contributed by atoms with Gasteiger partial charge < -0.3 is 10.2 Å². The van der Waals surface area contributed by atoms with E-state index in [4.69, 9.17) is 0 Å². The van der Waals surface area contributed by atoms with Gasteiger partial charge in [-0.1, -0.05) is 20.8 Å². The number of piperazine rings is 1. The third kappa shape index (κ3) is 2.53. The summed E-state index contributed by atoms with van der Waals surface area (Å²) in [5.41, 5.74) is 2.69. The molecule has 0 saturated carbocycles. The highest BCUT2D eigenvalue weighted by Gasteiger charge is 2.33. The molecule has 0 radical (unpaired) electrons. The quantitative estimate of drug-likeness (QED) is 0.827. The Hall–Kier alpha value is -1.03. The number of nitrogens with zero attached hydrogens (tertiary/aromatic N) is 3.